The zero-order chi connectivity index (χ0) is 10.4. The van der Waals surface area contributed by atoms with E-state index in [4.69, 9.17) is 0 Å². The third-order valence-electron chi connectivity index (χ3n) is 2.84. The molecule has 0 aromatic carbocycles. The number of hydrogen-bond acceptors (Lipinski definition) is 3. The number of nitrogens with zero attached hydrogens (tertiary/aromatic N) is 2. The first kappa shape index (κ1) is 12.0. The van der Waals surface area contributed by atoms with Crippen LogP contribution in [0.25, 0.3) is 0 Å². The molecule has 0 saturated carbocycles. The highest BCUT2D eigenvalue weighted by atomic mass is 15.2. The third-order valence-corrected chi connectivity index (χ3v) is 2.84. The van der Waals surface area contributed by atoms with Crippen molar-refractivity contribution in [2.75, 3.05) is 46.8 Å². The van der Waals surface area contributed by atoms with Gasteiger partial charge in [0, 0.05) is 12.6 Å². The largest absolute Gasteiger partial charge is 0.313 e. The van der Waals surface area contributed by atoms with Gasteiger partial charge in [0.1, 0.15) is 0 Å². The Bertz CT molecular complexity index is 147. The van der Waals surface area contributed by atoms with Crippen molar-refractivity contribution in [1.82, 2.24) is 15.1 Å². The van der Waals surface area contributed by atoms with E-state index in [0.29, 0.717) is 0 Å². The Labute approximate surface area is 88.5 Å². The lowest BCUT2D eigenvalue weighted by Crippen LogP contribution is -2.33. The molecule has 0 aliphatic carbocycles. The van der Waals surface area contributed by atoms with Crippen LogP contribution in [0, 0.1) is 0 Å². The Morgan fingerprint density at radius 2 is 2.21 bits per heavy atom. The smallest absolute Gasteiger partial charge is 0.0207 e. The second kappa shape index (κ2) is 6.38. The molecule has 0 bridgehead atoms. The molecule has 1 atom stereocenters. The Hall–Kier alpha value is -0.120. The fourth-order valence-corrected chi connectivity index (χ4v) is 2.10. The van der Waals surface area contributed by atoms with E-state index in [0.717, 1.165) is 12.6 Å². The van der Waals surface area contributed by atoms with Crippen molar-refractivity contribution in [3.05, 3.63) is 0 Å². The van der Waals surface area contributed by atoms with Crippen molar-refractivity contribution in [1.29, 1.82) is 0 Å². The molecular weight excluding hydrogens is 174 g/mol. The predicted octanol–water partition coefficient (Wildman–Crippen LogP) is 0.622. The summed E-state index contributed by atoms with van der Waals surface area (Å²) in [5.74, 6) is 0. The maximum Gasteiger partial charge on any atom is 0.0207 e. The van der Waals surface area contributed by atoms with E-state index in [1.807, 2.05) is 0 Å². The van der Waals surface area contributed by atoms with Crippen LogP contribution in [0.15, 0.2) is 0 Å². The molecule has 0 aromatic rings. The number of hydrogen-bond donors (Lipinski definition) is 1. The van der Waals surface area contributed by atoms with Gasteiger partial charge >= 0.3 is 0 Å². The van der Waals surface area contributed by atoms with Gasteiger partial charge in [0.25, 0.3) is 0 Å². The minimum atomic E-state index is 0.749. The van der Waals surface area contributed by atoms with E-state index in [2.05, 4.69) is 36.1 Å². The molecule has 0 radical (unpaired) electrons. The molecule has 1 unspecified atom stereocenters. The lowest BCUT2D eigenvalue weighted by molar-refractivity contribution is 0.296. The summed E-state index contributed by atoms with van der Waals surface area (Å²) in [6.07, 6.45) is 2.63. The van der Waals surface area contributed by atoms with Gasteiger partial charge in [-0.3, -0.25) is 0 Å². The first-order valence-electron chi connectivity index (χ1n) is 5.83. The maximum atomic E-state index is 3.52. The van der Waals surface area contributed by atoms with Crippen molar-refractivity contribution < 1.29 is 0 Å². The summed E-state index contributed by atoms with van der Waals surface area (Å²) < 4.78 is 0. The molecule has 1 saturated heterocycles. The van der Waals surface area contributed by atoms with Crippen LogP contribution in [0.2, 0.25) is 0 Å². The van der Waals surface area contributed by atoms with Crippen LogP contribution in [-0.2, 0) is 0 Å². The van der Waals surface area contributed by atoms with Crippen LogP contribution in [0.4, 0.5) is 0 Å². The van der Waals surface area contributed by atoms with Crippen molar-refractivity contribution >= 4 is 0 Å². The van der Waals surface area contributed by atoms with Gasteiger partial charge in [0.15, 0.2) is 0 Å². The Morgan fingerprint density at radius 3 is 2.86 bits per heavy atom. The molecule has 1 heterocycles. The average Bonchev–Trinajstić information content (AvgIpc) is 2.53. The van der Waals surface area contributed by atoms with Crippen LogP contribution >= 0.6 is 0 Å². The Balaban J connectivity index is 2.04. The van der Waals surface area contributed by atoms with Gasteiger partial charge in [-0.2, -0.15) is 0 Å². The molecule has 1 rings (SSSR count). The second-order valence-corrected chi connectivity index (χ2v) is 4.50. The van der Waals surface area contributed by atoms with Crippen LogP contribution in [0.3, 0.4) is 0 Å². The van der Waals surface area contributed by atoms with Gasteiger partial charge < -0.3 is 15.1 Å². The van der Waals surface area contributed by atoms with E-state index in [-0.39, 0.29) is 0 Å². The number of likely N-dealkylation sites (N-methyl/N-ethyl adjacent to an activating group) is 1. The molecule has 1 aliphatic heterocycles. The van der Waals surface area contributed by atoms with E-state index < -0.39 is 0 Å². The van der Waals surface area contributed by atoms with Gasteiger partial charge in [-0.05, 0) is 53.1 Å². The van der Waals surface area contributed by atoms with Crippen molar-refractivity contribution in [2.24, 2.45) is 0 Å². The zero-order valence-corrected chi connectivity index (χ0v) is 9.92. The number of rotatable bonds is 6. The second-order valence-electron chi connectivity index (χ2n) is 4.50. The minimum absolute atomic E-state index is 0.749. The molecule has 0 amide bonds. The lowest BCUT2D eigenvalue weighted by atomic mass is 10.3. The zero-order valence-electron chi connectivity index (χ0n) is 9.92. The van der Waals surface area contributed by atoms with E-state index in [1.165, 1.54) is 39.0 Å². The van der Waals surface area contributed by atoms with Crippen molar-refractivity contribution in [3.63, 3.8) is 0 Å². The molecule has 14 heavy (non-hydrogen) atoms. The predicted molar refractivity (Wildman–Crippen MR) is 61.7 cm³/mol. The van der Waals surface area contributed by atoms with Gasteiger partial charge in [0.2, 0.25) is 0 Å². The van der Waals surface area contributed by atoms with Crippen LogP contribution in [0.5, 0.6) is 0 Å². The van der Waals surface area contributed by atoms with E-state index in [1.54, 1.807) is 0 Å². The Morgan fingerprint density at radius 1 is 1.43 bits per heavy atom. The molecule has 1 N–H and O–H groups in total. The SMILES string of the molecule is CCNC1CCN(CCCN(C)C)C1. The van der Waals surface area contributed by atoms with Crippen LogP contribution in [0.1, 0.15) is 19.8 Å². The summed E-state index contributed by atoms with van der Waals surface area (Å²) in [5.41, 5.74) is 0. The standard InChI is InChI=1S/C11H25N3/c1-4-12-11-6-9-14(10-11)8-5-7-13(2)3/h11-12H,4-10H2,1-3H3. The normalized spacial score (nSPS) is 23.6. The summed E-state index contributed by atoms with van der Waals surface area (Å²) in [6.45, 7) is 8.31. The number of nitrogens with one attached hydrogen (secondary N) is 1. The highest BCUT2D eigenvalue weighted by molar-refractivity contribution is 4.80. The lowest BCUT2D eigenvalue weighted by Gasteiger charge is -2.17. The highest BCUT2D eigenvalue weighted by Crippen LogP contribution is 2.08. The summed E-state index contributed by atoms with van der Waals surface area (Å²) in [4.78, 5) is 4.84. The fourth-order valence-electron chi connectivity index (χ4n) is 2.10. The summed E-state index contributed by atoms with van der Waals surface area (Å²) >= 11 is 0. The molecule has 3 nitrogen and oxygen atoms in total. The number of likely N-dealkylation sites (tertiary alicyclic amines) is 1. The molecule has 1 aliphatic rings. The van der Waals surface area contributed by atoms with Crippen LogP contribution in [-0.4, -0.2) is 62.7 Å². The Kier molecular flexibility index (Phi) is 5.45. The topological polar surface area (TPSA) is 18.5 Å². The van der Waals surface area contributed by atoms with E-state index in [9.17, 15) is 0 Å². The van der Waals surface area contributed by atoms with Crippen molar-refractivity contribution in [2.45, 2.75) is 25.8 Å². The third kappa shape index (κ3) is 4.40. The first-order valence-corrected chi connectivity index (χ1v) is 5.83. The van der Waals surface area contributed by atoms with Gasteiger partial charge in [0.05, 0.1) is 0 Å². The molecule has 84 valence electrons. The molecule has 1 fully saturated rings. The molecule has 3 heteroatoms. The summed E-state index contributed by atoms with van der Waals surface area (Å²) in [5, 5.41) is 3.52. The van der Waals surface area contributed by atoms with Gasteiger partial charge in [-0.25, -0.2) is 0 Å². The summed E-state index contributed by atoms with van der Waals surface area (Å²) in [6, 6.07) is 0.749. The van der Waals surface area contributed by atoms with Crippen molar-refractivity contribution in [3.8, 4) is 0 Å². The van der Waals surface area contributed by atoms with E-state index >= 15 is 0 Å². The highest BCUT2D eigenvalue weighted by Gasteiger charge is 2.20. The quantitative estimate of drug-likeness (QED) is 0.676. The molecule has 0 aromatic heterocycles. The maximum absolute atomic E-state index is 3.52. The fraction of sp³-hybridized carbons (Fsp3) is 1.00. The first-order chi connectivity index (χ1) is 6.72. The van der Waals surface area contributed by atoms with Gasteiger partial charge in [-0.1, -0.05) is 6.92 Å². The molecular formula is C11H25N3. The van der Waals surface area contributed by atoms with Gasteiger partial charge in [-0.15, -0.1) is 0 Å². The average molecular weight is 199 g/mol. The van der Waals surface area contributed by atoms with Crippen LogP contribution < -0.4 is 5.32 Å². The summed E-state index contributed by atoms with van der Waals surface area (Å²) in [7, 11) is 4.29. The molecule has 0 spiro atoms. The minimum Gasteiger partial charge on any atom is -0.313 e. The monoisotopic (exact) mass is 199 g/mol.